The van der Waals surface area contributed by atoms with Gasteiger partial charge in [0, 0.05) is 15.7 Å². The lowest BCUT2D eigenvalue weighted by atomic mass is 10.2. The van der Waals surface area contributed by atoms with Gasteiger partial charge in [-0.15, -0.1) is 0 Å². The van der Waals surface area contributed by atoms with Gasteiger partial charge in [0.2, 0.25) is 0 Å². The Bertz CT molecular complexity index is 639. The van der Waals surface area contributed by atoms with Gasteiger partial charge < -0.3 is 16.4 Å². The highest BCUT2D eigenvalue weighted by molar-refractivity contribution is 6.35. The van der Waals surface area contributed by atoms with Crippen LogP contribution in [0.3, 0.4) is 0 Å². The molecule has 0 fully saturated rings. The smallest absolute Gasteiger partial charge is 0.323 e. The molecule has 0 radical (unpaired) electrons. The molecule has 104 valence electrons. The highest BCUT2D eigenvalue weighted by atomic mass is 35.5. The summed E-state index contributed by atoms with van der Waals surface area (Å²) in [6, 6.07) is 9.77. The Morgan fingerprint density at radius 2 is 1.70 bits per heavy atom. The van der Waals surface area contributed by atoms with Gasteiger partial charge in [0.1, 0.15) is 0 Å². The van der Waals surface area contributed by atoms with E-state index in [1.807, 2.05) is 13.0 Å². The van der Waals surface area contributed by atoms with E-state index in [0.29, 0.717) is 27.1 Å². The maximum atomic E-state index is 11.9. The number of carbonyl (C=O) groups excluding carboxylic acids is 1. The number of nitrogen functional groups attached to an aromatic ring is 1. The molecule has 2 amide bonds. The number of rotatable bonds is 2. The summed E-state index contributed by atoms with van der Waals surface area (Å²) in [4.78, 5) is 11.9. The standard InChI is InChI=1S/C14H13Cl2N3O/c1-8-2-3-13(12(17)4-8)19-14(20)18-11-6-9(15)5-10(16)7-11/h2-7H,17H2,1H3,(H2,18,19,20). The van der Waals surface area contributed by atoms with Gasteiger partial charge >= 0.3 is 6.03 Å². The molecular formula is C14H13Cl2N3O. The molecule has 4 nitrogen and oxygen atoms in total. The molecule has 0 heterocycles. The molecule has 0 aromatic heterocycles. The van der Waals surface area contributed by atoms with Crippen molar-refractivity contribution >= 4 is 46.3 Å². The van der Waals surface area contributed by atoms with Crippen LogP contribution in [-0.2, 0) is 0 Å². The van der Waals surface area contributed by atoms with E-state index in [9.17, 15) is 4.79 Å². The Labute approximate surface area is 126 Å². The third-order valence-corrected chi connectivity index (χ3v) is 3.01. The first-order valence-corrected chi connectivity index (χ1v) is 6.60. The number of benzene rings is 2. The zero-order valence-electron chi connectivity index (χ0n) is 10.7. The van der Waals surface area contributed by atoms with E-state index in [1.54, 1.807) is 30.3 Å². The molecule has 0 atom stereocenters. The van der Waals surface area contributed by atoms with Crippen LogP contribution in [0.2, 0.25) is 10.0 Å². The molecular weight excluding hydrogens is 297 g/mol. The molecule has 4 N–H and O–H groups in total. The molecule has 0 saturated carbocycles. The average Bonchev–Trinajstić information content (AvgIpc) is 2.31. The van der Waals surface area contributed by atoms with Gasteiger partial charge in [-0.2, -0.15) is 0 Å². The van der Waals surface area contributed by atoms with Crippen molar-refractivity contribution in [2.75, 3.05) is 16.4 Å². The zero-order chi connectivity index (χ0) is 14.7. The molecule has 0 unspecified atom stereocenters. The first-order chi connectivity index (χ1) is 9.44. The number of halogens is 2. The second-order valence-corrected chi connectivity index (χ2v) is 5.20. The highest BCUT2D eigenvalue weighted by Crippen LogP contribution is 2.23. The second-order valence-electron chi connectivity index (χ2n) is 4.33. The molecule has 2 aromatic rings. The van der Waals surface area contributed by atoms with Gasteiger partial charge in [0.15, 0.2) is 0 Å². The van der Waals surface area contributed by atoms with E-state index in [1.165, 1.54) is 0 Å². The van der Waals surface area contributed by atoms with Crippen molar-refractivity contribution in [3.8, 4) is 0 Å². The van der Waals surface area contributed by atoms with E-state index in [2.05, 4.69) is 10.6 Å². The van der Waals surface area contributed by atoms with Crippen LogP contribution < -0.4 is 16.4 Å². The lowest BCUT2D eigenvalue weighted by molar-refractivity contribution is 0.262. The summed E-state index contributed by atoms with van der Waals surface area (Å²) in [5.74, 6) is 0. The maximum Gasteiger partial charge on any atom is 0.323 e. The number of aryl methyl sites for hydroxylation is 1. The van der Waals surface area contributed by atoms with E-state index < -0.39 is 6.03 Å². The summed E-state index contributed by atoms with van der Waals surface area (Å²) in [5, 5.41) is 6.20. The summed E-state index contributed by atoms with van der Waals surface area (Å²) in [5.41, 5.74) is 8.40. The monoisotopic (exact) mass is 309 g/mol. The average molecular weight is 310 g/mol. The minimum Gasteiger partial charge on any atom is -0.397 e. The minimum absolute atomic E-state index is 0.418. The van der Waals surface area contributed by atoms with Crippen LogP contribution in [0, 0.1) is 6.92 Å². The Kier molecular flexibility index (Phi) is 4.37. The van der Waals surface area contributed by atoms with E-state index in [0.717, 1.165) is 5.56 Å². The van der Waals surface area contributed by atoms with Crippen LogP contribution in [0.4, 0.5) is 21.9 Å². The lowest BCUT2D eigenvalue weighted by Crippen LogP contribution is -2.20. The van der Waals surface area contributed by atoms with Gasteiger partial charge in [-0.25, -0.2) is 4.79 Å². The largest absolute Gasteiger partial charge is 0.397 e. The molecule has 0 aliphatic carbocycles. The zero-order valence-corrected chi connectivity index (χ0v) is 12.2. The van der Waals surface area contributed by atoms with Crippen LogP contribution in [0.25, 0.3) is 0 Å². The molecule has 0 bridgehead atoms. The first-order valence-electron chi connectivity index (χ1n) is 5.84. The Hall–Kier alpha value is -1.91. The fourth-order valence-electron chi connectivity index (χ4n) is 1.71. The summed E-state index contributed by atoms with van der Waals surface area (Å²) >= 11 is 11.7. The van der Waals surface area contributed by atoms with Crippen molar-refractivity contribution in [3.05, 3.63) is 52.0 Å². The molecule has 0 aliphatic rings. The molecule has 2 rings (SSSR count). The van der Waals surface area contributed by atoms with Gasteiger partial charge in [-0.3, -0.25) is 0 Å². The molecule has 6 heteroatoms. The van der Waals surface area contributed by atoms with Gasteiger partial charge in [0.25, 0.3) is 0 Å². The Balaban J connectivity index is 2.09. The number of amides is 2. The first kappa shape index (κ1) is 14.5. The number of hydrogen-bond acceptors (Lipinski definition) is 2. The summed E-state index contributed by atoms with van der Waals surface area (Å²) in [6.45, 7) is 1.92. The molecule has 0 aliphatic heterocycles. The summed E-state index contributed by atoms with van der Waals surface area (Å²) < 4.78 is 0. The van der Waals surface area contributed by atoms with Crippen molar-refractivity contribution in [2.24, 2.45) is 0 Å². The van der Waals surface area contributed by atoms with E-state index in [-0.39, 0.29) is 0 Å². The topological polar surface area (TPSA) is 67.2 Å². The Morgan fingerprint density at radius 3 is 2.30 bits per heavy atom. The van der Waals surface area contributed by atoms with Crippen molar-refractivity contribution in [1.29, 1.82) is 0 Å². The molecule has 2 aromatic carbocycles. The van der Waals surface area contributed by atoms with Crippen LogP contribution in [0.1, 0.15) is 5.56 Å². The lowest BCUT2D eigenvalue weighted by Gasteiger charge is -2.10. The summed E-state index contributed by atoms with van der Waals surface area (Å²) in [6.07, 6.45) is 0. The van der Waals surface area contributed by atoms with Gasteiger partial charge in [-0.05, 0) is 42.8 Å². The number of hydrogen-bond donors (Lipinski definition) is 3. The molecule has 0 saturated heterocycles. The van der Waals surface area contributed by atoms with Crippen LogP contribution in [-0.4, -0.2) is 6.03 Å². The number of nitrogens with two attached hydrogens (primary N) is 1. The minimum atomic E-state index is -0.418. The fraction of sp³-hybridized carbons (Fsp3) is 0.0714. The summed E-state index contributed by atoms with van der Waals surface area (Å²) in [7, 11) is 0. The number of nitrogens with one attached hydrogen (secondary N) is 2. The molecule has 20 heavy (non-hydrogen) atoms. The van der Waals surface area contributed by atoms with Crippen molar-refractivity contribution in [1.82, 2.24) is 0 Å². The third kappa shape index (κ3) is 3.79. The Morgan fingerprint density at radius 1 is 1.05 bits per heavy atom. The SMILES string of the molecule is Cc1ccc(NC(=O)Nc2cc(Cl)cc(Cl)c2)c(N)c1. The van der Waals surface area contributed by atoms with Crippen LogP contribution >= 0.6 is 23.2 Å². The van der Waals surface area contributed by atoms with Gasteiger partial charge in [-0.1, -0.05) is 29.3 Å². The predicted octanol–water partition coefficient (Wildman–Crippen LogP) is 4.53. The maximum absolute atomic E-state index is 11.9. The van der Waals surface area contributed by atoms with Crippen LogP contribution in [0.5, 0.6) is 0 Å². The number of carbonyl (C=O) groups is 1. The van der Waals surface area contributed by atoms with E-state index >= 15 is 0 Å². The quantitative estimate of drug-likeness (QED) is 0.713. The normalized spacial score (nSPS) is 10.2. The fourth-order valence-corrected chi connectivity index (χ4v) is 2.23. The molecule has 0 spiro atoms. The number of urea groups is 1. The van der Waals surface area contributed by atoms with E-state index in [4.69, 9.17) is 28.9 Å². The third-order valence-electron chi connectivity index (χ3n) is 2.58. The van der Waals surface area contributed by atoms with Crippen molar-refractivity contribution in [2.45, 2.75) is 6.92 Å². The van der Waals surface area contributed by atoms with Crippen molar-refractivity contribution in [3.63, 3.8) is 0 Å². The number of anilines is 3. The van der Waals surface area contributed by atoms with Gasteiger partial charge in [0.05, 0.1) is 11.4 Å². The predicted molar refractivity (Wildman–Crippen MR) is 84.7 cm³/mol. The van der Waals surface area contributed by atoms with Crippen molar-refractivity contribution < 1.29 is 4.79 Å². The highest BCUT2D eigenvalue weighted by Gasteiger charge is 2.06. The van der Waals surface area contributed by atoms with Crippen LogP contribution in [0.15, 0.2) is 36.4 Å². The second kappa shape index (κ2) is 6.03.